The highest BCUT2D eigenvalue weighted by Crippen LogP contribution is 2.21. The van der Waals surface area contributed by atoms with E-state index in [1.807, 2.05) is 125 Å². The third kappa shape index (κ3) is 76.5. The van der Waals surface area contributed by atoms with Gasteiger partial charge in [0.05, 0.1) is 24.4 Å². The van der Waals surface area contributed by atoms with Crippen molar-refractivity contribution in [1.82, 2.24) is 0 Å². The summed E-state index contributed by atoms with van der Waals surface area (Å²) in [6, 6.07) is 0.799. The number of carbonyl (C=O) groups excluding carboxylic acids is 4. The van der Waals surface area contributed by atoms with Crippen LogP contribution in [0.3, 0.4) is 0 Å². The maximum atomic E-state index is 11.0. The van der Waals surface area contributed by atoms with Crippen LogP contribution in [0.1, 0.15) is 301 Å². The lowest BCUT2D eigenvalue weighted by Gasteiger charge is -2.23. The highest BCUT2D eigenvalue weighted by Gasteiger charge is 2.23. The largest absolute Gasteiger partial charge is 0.393 e. The van der Waals surface area contributed by atoms with E-state index in [0.29, 0.717) is 94.4 Å². The number of aliphatic hydroxyl groups is 4. The molecule has 0 heterocycles. The van der Waals surface area contributed by atoms with Gasteiger partial charge in [0.1, 0.15) is 23.1 Å². The molecule has 0 spiro atoms. The van der Waals surface area contributed by atoms with Crippen molar-refractivity contribution < 1.29 is 39.6 Å². The Hall–Kier alpha value is -1.56. The Balaban J connectivity index is -0.000000106. The molecule has 0 aromatic rings. The van der Waals surface area contributed by atoms with Crippen LogP contribution < -0.4 is 11.5 Å². The normalized spacial score (nSPS) is 13.3. The van der Waals surface area contributed by atoms with E-state index in [-0.39, 0.29) is 53.6 Å². The van der Waals surface area contributed by atoms with Gasteiger partial charge in [-0.25, -0.2) is 0 Å². The average molecular weight is 1190 g/mol. The van der Waals surface area contributed by atoms with Crippen LogP contribution in [0.25, 0.3) is 0 Å². The van der Waals surface area contributed by atoms with E-state index < -0.39 is 12.2 Å². The first-order valence-corrected chi connectivity index (χ1v) is 33.6. The minimum absolute atomic E-state index is 0.106. The predicted octanol–water partition coefficient (Wildman–Crippen LogP) is 18.4. The summed E-state index contributed by atoms with van der Waals surface area (Å²) in [6.45, 7) is 75.8. The van der Waals surface area contributed by atoms with Gasteiger partial charge in [-0.2, -0.15) is 0 Å². The van der Waals surface area contributed by atoms with Crippen LogP contribution in [-0.4, -0.2) is 80.1 Å². The summed E-state index contributed by atoms with van der Waals surface area (Å²) < 4.78 is 0. The lowest BCUT2D eigenvalue weighted by atomic mass is 9.83. The molecule has 10 heteroatoms. The zero-order chi connectivity index (χ0) is 68.7. The Morgan fingerprint density at radius 3 is 0.747 bits per heavy atom. The number of carbonyl (C=O) groups is 4. The fraction of sp³-hybridized carbons (Fsp3) is 0.945. The SMILES string of the molecule is CC(=O)C(C(C)C)C(C)C.CC(C)C(=O)C(C)C.CC(C)C(O)C(C)C.CC(C)C(O)C(O)C(C)C.CC(C)CC(=O)C(C)C.CC(C)CC(O)C(C)C.CC(C)CCC(=O)C(C)C.CC(C)CC[C@H](N)C(C)C.CC(C)C[C@H](N)C(C)C. The third-order valence-electron chi connectivity index (χ3n) is 14.0. The van der Waals surface area contributed by atoms with Crippen molar-refractivity contribution in [1.29, 1.82) is 0 Å². The second-order valence-electron chi connectivity index (χ2n) is 30.4. The summed E-state index contributed by atoms with van der Waals surface area (Å²) in [5, 5.41) is 37.1. The van der Waals surface area contributed by atoms with Gasteiger partial charge in [-0.1, -0.05) is 249 Å². The molecule has 0 aliphatic carbocycles. The van der Waals surface area contributed by atoms with Crippen molar-refractivity contribution in [2.45, 2.75) is 338 Å². The lowest BCUT2D eigenvalue weighted by Crippen LogP contribution is -2.34. The van der Waals surface area contributed by atoms with Crippen molar-refractivity contribution >= 4 is 23.1 Å². The van der Waals surface area contributed by atoms with Gasteiger partial charge in [0.2, 0.25) is 0 Å². The number of aliphatic hydroxyl groups excluding tert-OH is 4. The molecule has 0 aromatic heterocycles. The van der Waals surface area contributed by atoms with Gasteiger partial charge in [0.15, 0.2) is 0 Å². The molecule has 0 amide bonds. The van der Waals surface area contributed by atoms with E-state index in [1.165, 1.54) is 12.8 Å². The van der Waals surface area contributed by atoms with Gasteiger partial charge in [-0.15, -0.1) is 0 Å². The molecule has 0 aromatic carbocycles. The quantitative estimate of drug-likeness (QED) is 0.0460. The maximum absolute atomic E-state index is 11.0. The Labute approximate surface area is 522 Å². The number of nitrogens with two attached hydrogens (primary N) is 2. The monoisotopic (exact) mass is 1190 g/mol. The van der Waals surface area contributed by atoms with Crippen molar-refractivity contribution in [2.24, 2.45) is 124 Å². The smallest absolute Gasteiger partial charge is 0.137 e. The molecular weight excluding hydrogens is 1030 g/mol. The summed E-state index contributed by atoms with van der Waals surface area (Å²) in [6.07, 6.45) is 5.65. The molecule has 0 rings (SSSR count). The number of hydrogen-bond donors (Lipinski definition) is 6. The van der Waals surface area contributed by atoms with Crippen molar-refractivity contribution in [3.63, 3.8) is 0 Å². The molecular formula is C73H158N2O8. The van der Waals surface area contributed by atoms with E-state index in [4.69, 9.17) is 11.5 Å². The van der Waals surface area contributed by atoms with Crippen molar-refractivity contribution in [3.05, 3.63) is 0 Å². The van der Waals surface area contributed by atoms with E-state index in [9.17, 15) is 39.6 Å². The number of rotatable bonds is 27. The molecule has 8 N–H and O–H groups in total. The Bertz CT molecular complexity index is 1370. The van der Waals surface area contributed by atoms with Gasteiger partial charge in [0.25, 0.3) is 0 Å². The standard InChI is InChI=1S/C9H21N.2C9H18O.C8H19N.C8H18O2.C8H18O.C8H16O.C7H16O.C7H14O/c2*1-7(2)5-6-9(10)8(3)4;1-6(2)9(7(3)4)8(5)10;1-6(2)5-8(9)7(3)4;1-5(2)7(9)8(10)6(3)4;2*1-6(2)5-8(9)7(3)4;2*1-5(2)7(8)6(3)4/h7-9H,5-6,10H2,1-4H3;7-8H,5-6H2,1-4H3;6-7,9H,1-5H3;6-8H,5,9H2,1-4H3;5-10H,1-4H3;6-9H,5H2,1-4H3;6-7H,5H2,1-4H3;5-8H,1-4H3;5-6H,1-4H3/t9-;;;8-;;;;;/m0..0...../s1. The van der Waals surface area contributed by atoms with Crippen molar-refractivity contribution in [2.75, 3.05) is 0 Å². The fourth-order valence-electron chi connectivity index (χ4n) is 7.72. The number of Topliss-reactive ketones (excluding diaryl/α,β-unsaturated/α-hetero) is 4. The fourth-order valence-corrected chi connectivity index (χ4v) is 7.72. The van der Waals surface area contributed by atoms with Crippen LogP contribution in [-0.2, 0) is 19.2 Å². The highest BCUT2D eigenvalue weighted by atomic mass is 16.3. The van der Waals surface area contributed by atoms with Gasteiger partial charge in [0, 0.05) is 54.5 Å². The Morgan fingerprint density at radius 1 is 0.313 bits per heavy atom. The number of hydrogen-bond acceptors (Lipinski definition) is 10. The maximum Gasteiger partial charge on any atom is 0.137 e. The van der Waals surface area contributed by atoms with Crippen LogP contribution in [0.15, 0.2) is 0 Å². The topological polar surface area (TPSA) is 201 Å². The van der Waals surface area contributed by atoms with E-state index in [0.717, 1.165) is 43.9 Å². The first kappa shape index (κ1) is 100. The molecule has 0 aliphatic heterocycles. The van der Waals surface area contributed by atoms with Crippen LogP contribution in [0.2, 0.25) is 0 Å². The van der Waals surface area contributed by atoms with E-state index in [1.54, 1.807) is 6.92 Å². The van der Waals surface area contributed by atoms with Gasteiger partial charge in [-0.3, -0.25) is 19.2 Å². The van der Waals surface area contributed by atoms with E-state index >= 15 is 0 Å². The van der Waals surface area contributed by atoms with Gasteiger partial charge in [-0.05, 0) is 122 Å². The third-order valence-corrected chi connectivity index (χ3v) is 14.0. The molecule has 0 bridgehead atoms. The minimum atomic E-state index is -0.583. The highest BCUT2D eigenvalue weighted by molar-refractivity contribution is 5.82. The average Bonchev–Trinajstić information content (AvgIpc) is 3.31. The van der Waals surface area contributed by atoms with Crippen LogP contribution in [0, 0.1) is 112 Å². The molecule has 0 saturated heterocycles. The molecule has 508 valence electrons. The number of ketones is 4. The molecule has 0 aliphatic rings. The first-order chi connectivity index (χ1) is 37.2. The first-order valence-electron chi connectivity index (χ1n) is 33.6. The molecule has 0 fully saturated rings. The van der Waals surface area contributed by atoms with Gasteiger partial charge < -0.3 is 31.9 Å². The Morgan fingerprint density at radius 2 is 0.627 bits per heavy atom. The summed E-state index contributed by atoms with van der Waals surface area (Å²) in [5.74, 6) is 9.58. The zero-order valence-electron chi connectivity index (χ0n) is 63.0. The summed E-state index contributed by atoms with van der Waals surface area (Å²) in [7, 11) is 0. The zero-order valence-corrected chi connectivity index (χ0v) is 63.0. The van der Waals surface area contributed by atoms with Crippen molar-refractivity contribution in [3.8, 4) is 0 Å². The molecule has 0 saturated carbocycles. The molecule has 10 nitrogen and oxygen atoms in total. The molecule has 3 unspecified atom stereocenters. The van der Waals surface area contributed by atoms with Crippen LogP contribution >= 0.6 is 0 Å². The Kier molecular flexibility index (Phi) is 71.9. The molecule has 0 radical (unpaired) electrons. The molecule has 83 heavy (non-hydrogen) atoms. The summed E-state index contributed by atoms with van der Waals surface area (Å²) >= 11 is 0. The van der Waals surface area contributed by atoms with E-state index in [2.05, 4.69) is 125 Å². The van der Waals surface area contributed by atoms with Crippen LogP contribution in [0.4, 0.5) is 0 Å². The second kappa shape index (κ2) is 59.4. The summed E-state index contributed by atoms with van der Waals surface area (Å²) in [5.41, 5.74) is 11.7. The lowest BCUT2D eigenvalue weighted by molar-refractivity contribution is -0.125. The molecule has 5 atom stereocenters. The summed E-state index contributed by atoms with van der Waals surface area (Å²) in [4.78, 5) is 43.9. The second-order valence-corrected chi connectivity index (χ2v) is 30.4. The van der Waals surface area contributed by atoms with Gasteiger partial charge >= 0.3 is 0 Å². The van der Waals surface area contributed by atoms with Crippen LogP contribution in [0.5, 0.6) is 0 Å². The predicted molar refractivity (Wildman–Crippen MR) is 369 cm³/mol. The minimum Gasteiger partial charge on any atom is -0.393 e.